The molecule has 1 aromatic rings. The third kappa shape index (κ3) is 2.14. The molecule has 2 aliphatic rings. The van der Waals surface area contributed by atoms with E-state index in [1.807, 2.05) is 12.1 Å². The van der Waals surface area contributed by atoms with E-state index in [-0.39, 0.29) is 30.2 Å². The van der Waals surface area contributed by atoms with E-state index in [1.54, 1.807) is 6.07 Å². The van der Waals surface area contributed by atoms with E-state index in [0.717, 1.165) is 22.9 Å². The summed E-state index contributed by atoms with van der Waals surface area (Å²) in [6, 6.07) is 5.53. The zero-order valence-corrected chi connectivity index (χ0v) is 12.9. The van der Waals surface area contributed by atoms with Gasteiger partial charge in [-0.1, -0.05) is 28.9 Å². The number of hydrogen-bond acceptors (Lipinski definition) is 3. The second-order valence-corrected chi connectivity index (χ2v) is 6.81. The van der Waals surface area contributed by atoms with Crippen LogP contribution in [0.4, 0.5) is 5.69 Å². The Kier molecular flexibility index (Phi) is 3.32. The summed E-state index contributed by atoms with van der Waals surface area (Å²) in [6.45, 7) is 2.40. The minimum Gasteiger partial charge on any atom is -0.398 e. The van der Waals surface area contributed by atoms with Crippen LogP contribution in [0.5, 0.6) is 0 Å². The number of anilines is 1. The van der Waals surface area contributed by atoms with Crippen molar-refractivity contribution in [3.8, 4) is 0 Å². The number of carbonyl (C=O) groups excluding carboxylic acids is 2. The molecule has 3 rings (SSSR count). The molecule has 1 aromatic carbocycles. The lowest BCUT2D eigenvalue weighted by Gasteiger charge is -2.18. The molecule has 1 saturated heterocycles. The smallest absolute Gasteiger partial charge is 0.233 e. The minimum atomic E-state index is -0.103. The molecular formula is C15H17BrN2O2. The Morgan fingerprint density at radius 3 is 2.40 bits per heavy atom. The van der Waals surface area contributed by atoms with E-state index in [9.17, 15) is 9.59 Å². The normalized spacial score (nSPS) is 29.1. The van der Waals surface area contributed by atoms with Gasteiger partial charge >= 0.3 is 0 Å². The van der Waals surface area contributed by atoms with Crippen molar-refractivity contribution in [3.05, 3.63) is 28.2 Å². The molecular weight excluding hydrogens is 320 g/mol. The van der Waals surface area contributed by atoms with Crippen LogP contribution < -0.4 is 5.73 Å². The zero-order chi connectivity index (χ0) is 14.4. The van der Waals surface area contributed by atoms with E-state index in [0.29, 0.717) is 11.6 Å². The first-order chi connectivity index (χ1) is 9.47. The molecule has 0 spiro atoms. The number of halogens is 1. The lowest BCUT2D eigenvalue weighted by molar-refractivity contribution is -0.141. The number of likely N-dealkylation sites (tertiary alicyclic amines) is 1. The van der Waals surface area contributed by atoms with Gasteiger partial charge in [-0.05, 0) is 36.5 Å². The van der Waals surface area contributed by atoms with Crippen LogP contribution in [0.3, 0.4) is 0 Å². The van der Waals surface area contributed by atoms with Gasteiger partial charge in [-0.25, -0.2) is 0 Å². The number of benzene rings is 1. The highest BCUT2D eigenvalue weighted by Gasteiger charge is 2.51. The maximum Gasteiger partial charge on any atom is 0.233 e. The van der Waals surface area contributed by atoms with Gasteiger partial charge in [0.1, 0.15) is 0 Å². The number of fused-ring (bicyclic) bond motifs is 1. The van der Waals surface area contributed by atoms with Crippen molar-refractivity contribution >= 4 is 33.4 Å². The molecule has 1 aliphatic carbocycles. The first-order valence-corrected chi connectivity index (χ1v) is 7.65. The Morgan fingerprint density at radius 2 is 1.85 bits per heavy atom. The highest BCUT2D eigenvalue weighted by molar-refractivity contribution is 9.10. The summed E-state index contributed by atoms with van der Waals surface area (Å²) in [5.41, 5.74) is 7.37. The number of imide groups is 1. The van der Waals surface area contributed by atoms with E-state index < -0.39 is 0 Å². The van der Waals surface area contributed by atoms with E-state index >= 15 is 0 Å². The fourth-order valence-corrected chi connectivity index (χ4v) is 3.76. The maximum atomic E-state index is 12.4. The minimum absolute atomic E-state index is 0.0216. The van der Waals surface area contributed by atoms with Gasteiger partial charge in [0.25, 0.3) is 0 Å². The summed E-state index contributed by atoms with van der Waals surface area (Å²) in [6.07, 6.45) is 1.67. The Morgan fingerprint density at radius 1 is 1.25 bits per heavy atom. The monoisotopic (exact) mass is 336 g/mol. The van der Waals surface area contributed by atoms with Gasteiger partial charge in [0.15, 0.2) is 0 Å². The summed E-state index contributed by atoms with van der Waals surface area (Å²) < 4.78 is 0.892. The van der Waals surface area contributed by atoms with Gasteiger partial charge in [-0.15, -0.1) is 0 Å². The number of hydrogen-bond donors (Lipinski definition) is 1. The lowest BCUT2D eigenvalue weighted by atomic mass is 10.00. The van der Waals surface area contributed by atoms with Gasteiger partial charge in [0.2, 0.25) is 11.8 Å². The van der Waals surface area contributed by atoms with Gasteiger partial charge in [-0.2, -0.15) is 0 Å². The topological polar surface area (TPSA) is 63.4 Å². The standard InChI is InChI=1S/C15H17BrN2O2/c1-8-4-11-12(5-8)15(20)18(14(11)19)7-9-2-3-10(16)6-13(9)17/h2-3,6,8,11-12H,4-5,7,17H2,1H3. The Hall–Kier alpha value is -1.36. The largest absolute Gasteiger partial charge is 0.398 e. The first-order valence-electron chi connectivity index (χ1n) is 6.86. The summed E-state index contributed by atoms with van der Waals surface area (Å²) in [5.74, 6) is 0.222. The van der Waals surface area contributed by atoms with Crippen LogP contribution in [-0.4, -0.2) is 16.7 Å². The van der Waals surface area contributed by atoms with Crippen LogP contribution in [0.2, 0.25) is 0 Å². The van der Waals surface area contributed by atoms with Crippen LogP contribution in [0.1, 0.15) is 25.3 Å². The first kappa shape index (κ1) is 13.6. The van der Waals surface area contributed by atoms with Crippen molar-refractivity contribution in [1.29, 1.82) is 0 Å². The molecule has 0 radical (unpaired) electrons. The van der Waals surface area contributed by atoms with Crippen molar-refractivity contribution in [2.24, 2.45) is 17.8 Å². The van der Waals surface area contributed by atoms with Gasteiger partial charge in [-0.3, -0.25) is 14.5 Å². The molecule has 20 heavy (non-hydrogen) atoms. The highest BCUT2D eigenvalue weighted by Crippen LogP contribution is 2.43. The molecule has 106 valence electrons. The number of nitrogen functional groups attached to an aromatic ring is 1. The lowest BCUT2D eigenvalue weighted by Crippen LogP contribution is -2.32. The average molecular weight is 337 g/mol. The second kappa shape index (κ2) is 4.88. The molecule has 1 aliphatic heterocycles. The number of nitrogens with two attached hydrogens (primary N) is 1. The zero-order valence-electron chi connectivity index (χ0n) is 11.3. The third-order valence-corrected chi connectivity index (χ3v) is 4.89. The number of nitrogens with zero attached hydrogens (tertiary/aromatic N) is 1. The van der Waals surface area contributed by atoms with E-state index in [2.05, 4.69) is 22.9 Å². The van der Waals surface area contributed by atoms with Crippen molar-refractivity contribution in [1.82, 2.24) is 4.90 Å². The molecule has 1 saturated carbocycles. The van der Waals surface area contributed by atoms with Crippen LogP contribution in [0, 0.1) is 17.8 Å². The third-order valence-electron chi connectivity index (χ3n) is 4.40. The van der Waals surface area contributed by atoms with Crippen molar-refractivity contribution in [3.63, 3.8) is 0 Å². The molecule has 0 aromatic heterocycles. The highest BCUT2D eigenvalue weighted by atomic mass is 79.9. The van der Waals surface area contributed by atoms with Crippen molar-refractivity contribution in [2.75, 3.05) is 5.73 Å². The molecule has 2 amide bonds. The molecule has 2 N–H and O–H groups in total. The molecule has 1 heterocycles. The summed E-state index contributed by atoms with van der Waals surface area (Å²) in [7, 11) is 0. The molecule has 2 atom stereocenters. The van der Waals surface area contributed by atoms with Crippen LogP contribution >= 0.6 is 15.9 Å². The van der Waals surface area contributed by atoms with Crippen LogP contribution in [0.15, 0.2) is 22.7 Å². The van der Waals surface area contributed by atoms with Crippen LogP contribution in [0.25, 0.3) is 0 Å². The number of rotatable bonds is 2. The predicted octanol–water partition coefficient (Wildman–Crippen LogP) is 2.56. The predicted molar refractivity (Wildman–Crippen MR) is 79.5 cm³/mol. The van der Waals surface area contributed by atoms with Crippen molar-refractivity contribution in [2.45, 2.75) is 26.3 Å². The molecule has 2 unspecified atom stereocenters. The van der Waals surface area contributed by atoms with Crippen molar-refractivity contribution < 1.29 is 9.59 Å². The van der Waals surface area contributed by atoms with Gasteiger partial charge in [0.05, 0.1) is 18.4 Å². The Bertz CT molecular complexity index is 563. The quantitative estimate of drug-likeness (QED) is 0.666. The molecule has 0 bridgehead atoms. The van der Waals surface area contributed by atoms with E-state index in [1.165, 1.54) is 4.90 Å². The Labute approximate surface area is 126 Å². The van der Waals surface area contributed by atoms with E-state index in [4.69, 9.17) is 5.73 Å². The summed E-state index contributed by atoms with van der Waals surface area (Å²) >= 11 is 3.35. The number of carbonyl (C=O) groups is 2. The van der Waals surface area contributed by atoms with Crippen LogP contribution in [-0.2, 0) is 16.1 Å². The fourth-order valence-electron chi connectivity index (χ4n) is 3.38. The number of amides is 2. The van der Waals surface area contributed by atoms with Gasteiger partial charge in [0, 0.05) is 10.2 Å². The average Bonchev–Trinajstić information content (AvgIpc) is 2.86. The SMILES string of the molecule is CC1CC2C(=O)N(Cc3ccc(Br)cc3N)C(=O)C2C1. The molecule has 5 heteroatoms. The fraction of sp³-hybridized carbons (Fsp3) is 0.467. The summed E-state index contributed by atoms with van der Waals surface area (Å²) in [5, 5.41) is 0. The molecule has 4 nitrogen and oxygen atoms in total. The molecule has 2 fully saturated rings. The second-order valence-electron chi connectivity index (χ2n) is 5.90. The summed E-state index contributed by atoms with van der Waals surface area (Å²) in [4.78, 5) is 26.2. The van der Waals surface area contributed by atoms with Gasteiger partial charge < -0.3 is 5.73 Å². The maximum absolute atomic E-state index is 12.4. The Balaban J connectivity index is 1.82.